The summed E-state index contributed by atoms with van der Waals surface area (Å²) in [6.45, 7) is 2.10. The van der Waals surface area contributed by atoms with Crippen LogP contribution in [0.5, 0.6) is 11.5 Å². The Balaban J connectivity index is 1.78. The zero-order valence-electron chi connectivity index (χ0n) is 19.0. The third kappa shape index (κ3) is 4.53. The van der Waals surface area contributed by atoms with Gasteiger partial charge in [-0.15, -0.1) is 0 Å². The van der Waals surface area contributed by atoms with Crippen molar-refractivity contribution in [3.05, 3.63) is 94.7 Å². The van der Waals surface area contributed by atoms with Crippen LogP contribution in [0.4, 0.5) is 0 Å². The number of hydrogen-bond donors (Lipinski definition) is 0. The summed E-state index contributed by atoms with van der Waals surface area (Å²) in [6, 6.07) is 19.3. The summed E-state index contributed by atoms with van der Waals surface area (Å²) in [5.41, 5.74) is 2.72. The van der Waals surface area contributed by atoms with Crippen LogP contribution in [0.1, 0.15) is 57.4 Å². The van der Waals surface area contributed by atoms with Crippen LogP contribution in [0.3, 0.4) is 0 Å². The van der Waals surface area contributed by atoms with Crippen LogP contribution in [0.15, 0.2) is 71.1 Å². The molecule has 0 atom stereocenters. The van der Waals surface area contributed by atoms with Crippen molar-refractivity contribution in [1.82, 2.24) is 0 Å². The molecular weight excluding hydrogens is 416 g/mol. The van der Waals surface area contributed by atoms with E-state index < -0.39 is 0 Å². The minimum absolute atomic E-state index is 0.126. The molecular formula is C28H26O5. The Bertz CT molecular complexity index is 1280. The lowest BCUT2D eigenvalue weighted by atomic mass is 9.96. The third-order valence-electron chi connectivity index (χ3n) is 5.71. The number of carbonyl (C=O) groups is 2. The van der Waals surface area contributed by atoms with Gasteiger partial charge in [-0.05, 0) is 73.2 Å². The van der Waals surface area contributed by atoms with Crippen molar-refractivity contribution in [2.24, 2.45) is 0 Å². The molecule has 0 radical (unpaired) electrons. The largest absolute Gasteiger partial charge is 0.497 e. The van der Waals surface area contributed by atoms with E-state index in [2.05, 4.69) is 6.92 Å². The maximum atomic E-state index is 13.5. The lowest BCUT2D eigenvalue weighted by Crippen LogP contribution is -2.05. The monoisotopic (exact) mass is 442 g/mol. The summed E-state index contributed by atoms with van der Waals surface area (Å²) in [6.07, 6.45) is 2.54. The second-order valence-electron chi connectivity index (χ2n) is 7.83. The van der Waals surface area contributed by atoms with Gasteiger partial charge in [-0.2, -0.15) is 0 Å². The number of fused-ring (bicyclic) bond motifs is 1. The van der Waals surface area contributed by atoms with Gasteiger partial charge in [0.2, 0.25) is 0 Å². The van der Waals surface area contributed by atoms with E-state index >= 15 is 0 Å². The third-order valence-corrected chi connectivity index (χ3v) is 5.71. The van der Waals surface area contributed by atoms with Gasteiger partial charge in [-0.3, -0.25) is 9.59 Å². The predicted molar refractivity (Wildman–Crippen MR) is 128 cm³/mol. The molecule has 4 rings (SSSR count). The first-order valence-electron chi connectivity index (χ1n) is 11.0. The Kier molecular flexibility index (Phi) is 6.59. The van der Waals surface area contributed by atoms with E-state index in [0.29, 0.717) is 56.9 Å². The summed E-state index contributed by atoms with van der Waals surface area (Å²) in [4.78, 5) is 26.6. The molecule has 1 aromatic heterocycles. The first kappa shape index (κ1) is 22.3. The van der Waals surface area contributed by atoms with Gasteiger partial charge in [0.25, 0.3) is 0 Å². The number of ketones is 2. The van der Waals surface area contributed by atoms with Gasteiger partial charge in [-0.25, -0.2) is 0 Å². The van der Waals surface area contributed by atoms with Gasteiger partial charge in [0.05, 0.1) is 19.8 Å². The number of furan rings is 1. The summed E-state index contributed by atoms with van der Waals surface area (Å²) in [5.74, 6) is 1.77. The molecule has 0 aliphatic heterocycles. The molecule has 0 aliphatic carbocycles. The molecule has 5 nitrogen and oxygen atoms in total. The van der Waals surface area contributed by atoms with Crippen molar-refractivity contribution in [3.8, 4) is 11.5 Å². The zero-order valence-corrected chi connectivity index (χ0v) is 19.0. The smallest absolute Gasteiger partial charge is 0.197 e. The molecule has 0 amide bonds. The lowest BCUT2D eigenvalue weighted by molar-refractivity contribution is 0.102. The standard InChI is InChI=1S/C28H26O5/c1-4-5-6-25-26(28(30)19-9-14-22(32-3)15-10-19)23-17-20(11-16-24(23)33-25)27(29)18-7-12-21(31-2)13-8-18/h7-17H,4-6H2,1-3H3. The number of rotatable bonds is 9. The Morgan fingerprint density at radius 2 is 1.30 bits per heavy atom. The van der Waals surface area contributed by atoms with Crippen LogP contribution < -0.4 is 9.47 Å². The minimum Gasteiger partial charge on any atom is -0.497 e. The molecule has 4 aromatic rings. The van der Waals surface area contributed by atoms with Crippen LogP contribution in [0.25, 0.3) is 11.0 Å². The Labute approximate surface area is 192 Å². The number of carbonyl (C=O) groups excluding carboxylic acids is 2. The summed E-state index contributed by atoms with van der Waals surface area (Å²) in [5, 5.41) is 0.654. The number of hydrogen-bond acceptors (Lipinski definition) is 5. The van der Waals surface area contributed by atoms with Crippen LogP contribution >= 0.6 is 0 Å². The SMILES string of the molecule is CCCCc1oc2ccc(C(=O)c3ccc(OC)cc3)cc2c1C(=O)c1ccc(OC)cc1. The summed E-state index contributed by atoms with van der Waals surface area (Å²) < 4.78 is 16.5. The molecule has 33 heavy (non-hydrogen) atoms. The van der Waals surface area contributed by atoms with Crippen LogP contribution in [0, 0.1) is 0 Å². The topological polar surface area (TPSA) is 65.7 Å². The van der Waals surface area contributed by atoms with Gasteiger partial charge in [0.1, 0.15) is 22.8 Å². The van der Waals surface area contributed by atoms with Gasteiger partial charge in [0, 0.05) is 28.5 Å². The molecule has 5 heteroatoms. The predicted octanol–water partition coefficient (Wildman–Crippen LogP) is 6.25. The maximum absolute atomic E-state index is 13.5. The van der Waals surface area contributed by atoms with Crippen LogP contribution in [-0.2, 0) is 6.42 Å². The highest BCUT2D eigenvalue weighted by molar-refractivity contribution is 6.18. The normalized spacial score (nSPS) is 10.9. The first-order valence-corrected chi connectivity index (χ1v) is 11.0. The van der Waals surface area contributed by atoms with E-state index in [-0.39, 0.29) is 11.6 Å². The molecule has 0 fully saturated rings. The van der Waals surface area contributed by atoms with E-state index in [0.717, 1.165) is 12.8 Å². The number of benzene rings is 3. The van der Waals surface area contributed by atoms with Crippen LogP contribution in [0.2, 0.25) is 0 Å². The lowest BCUT2D eigenvalue weighted by Gasteiger charge is -2.06. The quantitative estimate of drug-likeness (QED) is 0.287. The van der Waals surface area contributed by atoms with Crippen molar-refractivity contribution in [3.63, 3.8) is 0 Å². The second-order valence-corrected chi connectivity index (χ2v) is 7.83. The highest BCUT2D eigenvalue weighted by Crippen LogP contribution is 2.31. The molecule has 3 aromatic carbocycles. The minimum atomic E-state index is -0.128. The molecule has 0 saturated heterocycles. The summed E-state index contributed by atoms with van der Waals surface area (Å²) in [7, 11) is 3.17. The molecule has 0 aliphatic rings. The van der Waals surface area contributed by atoms with E-state index in [4.69, 9.17) is 13.9 Å². The molecule has 0 unspecified atom stereocenters. The van der Waals surface area contributed by atoms with E-state index in [1.54, 1.807) is 80.9 Å². The maximum Gasteiger partial charge on any atom is 0.197 e. The number of methoxy groups -OCH3 is 2. The van der Waals surface area contributed by atoms with Crippen molar-refractivity contribution < 1.29 is 23.5 Å². The number of ether oxygens (including phenoxy) is 2. The number of unbranched alkanes of at least 4 members (excludes halogenated alkanes) is 1. The fourth-order valence-corrected chi connectivity index (χ4v) is 3.85. The molecule has 1 heterocycles. The van der Waals surface area contributed by atoms with Crippen molar-refractivity contribution >= 4 is 22.5 Å². The highest BCUT2D eigenvalue weighted by atomic mass is 16.5. The fraction of sp³-hybridized carbons (Fsp3) is 0.214. The fourth-order valence-electron chi connectivity index (χ4n) is 3.85. The summed E-state index contributed by atoms with van der Waals surface area (Å²) >= 11 is 0. The van der Waals surface area contributed by atoms with E-state index in [1.807, 2.05) is 0 Å². The molecule has 0 saturated carbocycles. The Morgan fingerprint density at radius 3 is 1.85 bits per heavy atom. The Hall–Kier alpha value is -3.86. The number of aryl methyl sites for hydroxylation is 1. The van der Waals surface area contributed by atoms with Crippen molar-refractivity contribution in [2.45, 2.75) is 26.2 Å². The molecule has 0 spiro atoms. The zero-order chi connectivity index (χ0) is 23.4. The van der Waals surface area contributed by atoms with Crippen LogP contribution in [-0.4, -0.2) is 25.8 Å². The molecule has 0 N–H and O–H groups in total. The van der Waals surface area contributed by atoms with Gasteiger partial charge >= 0.3 is 0 Å². The molecule has 0 bridgehead atoms. The average Bonchev–Trinajstić information content (AvgIpc) is 3.24. The Morgan fingerprint density at radius 1 is 0.758 bits per heavy atom. The highest BCUT2D eigenvalue weighted by Gasteiger charge is 2.23. The molecule has 168 valence electrons. The van der Waals surface area contributed by atoms with Gasteiger partial charge in [0.15, 0.2) is 11.6 Å². The second kappa shape index (κ2) is 9.74. The van der Waals surface area contributed by atoms with Crippen molar-refractivity contribution in [1.29, 1.82) is 0 Å². The van der Waals surface area contributed by atoms with Gasteiger partial charge < -0.3 is 13.9 Å². The van der Waals surface area contributed by atoms with E-state index in [9.17, 15) is 9.59 Å². The van der Waals surface area contributed by atoms with Gasteiger partial charge in [-0.1, -0.05) is 13.3 Å². The first-order chi connectivity index (χ1) is 16.0. The van der Waals surface area contributed by atoms with E-state index in [1.165, 1.54) is 0 Å². The van der Waals surface area contributed by atoms with Crippen molar-refractivity contribution in [2.75, 3.05) is 14.2 Å². The average molecular weight is 443 g/mol.